The van der Waals surface area contributed by atoms with Gasteiger partial charge >= 0.3 is 0 Å². The number of fused-ring (bicyclic) bond motifs is 3. The third kappa shape index (κ3) is 13.4. The molecule has 5 atom stereocenters. The van der Waals surface area contributed by atoms with Gasteiger partial charge in [0.05, 0.1) is 11.8 Å². The molecule has 1 unspecified atom stereocenters. The molecule has 1 saturated carbocycles. The lowest BCUT2D eigenvalue weighted by Gasteiger charge is -2.33. The highest BCUT2D eigenvalue weighted by Gasteiger charge is 2.40. The van der Waals surface area contributed by atoms with Gasteiger partial charge in [-0.2, -0.15) is 11.8 Å². The highest BCUT2D eigenvalue weighted by molar-refractivity contribution is 7.99. The number of nitrogens with one attached hydrogen (secondary N) is 3. The number of rotatable bonds is 10. The molecule has 1 aromatic carbocycles. The Balaban J connectivity index is 1.64. The molecule has 55 heavy (non-hydrogen) atoms. The van der Waals surface area contributed by atoms with E-state index in [-0.39, 0.29) is 60.4 Å². The van der Waals surface area contributed by atoms with Crippen LogP contribution in [0.5, 0.6) is 0 Å². The van der Waals surface area contributed by atoms with Gasteiger partial charge in [0.15, 0.2) is 11.7 Å². The normalized spacial score (nSPS) is 23.3. The average molecular weight is 801 g/mol. The summed E-state index contributed by atoms with van der Waals surface area (Å²) < 4.78 is 0. The standard InChI is InChI=1S/C39H60N8O6S2/c1-39(2,3)33(34(40)50)46-36(52)28(14-8-16-43-38(41)42)44-37(53)29-22-54-20-24-10-7-11-25(18-24)21-55-23-32(49)47-17-9-15-30(47)31(48)19-27(35(51)45-29)26-12-5-4-6-13-26/h7,10-11,18,26-30,33H,4-6,8-9,12-17,19-23H2,1-3H3,(H2,40,50)(H,44,53)(H,45,51)(H,46,52)(H4,41,42,43)/t27?,28-,29-,30-,33+/m0/s1. The minimum atomic E-state index is -1.10. The number of ketones is 1. The topological polar surface area (TPSA) is 232 Å². The van der Waals surface area contributed by atoms with E-state index in [1.807, 2.05) is 18.2 Å². The number of hydrogen-bond donors (Lipinski definition) is 6. The summed E-state index contributed by atoms with van der Waals surface area (Å²) in [5.74, 6) is -1.62. The molecule has 3 aliphatic rings. The molecule has 1 aromatic rings. The first kappa shape index (κ1) is 43.9. The summed E-state index contributed by atoms with van der Waals surface area (Å²) in [5, 5.41) is 8.57. The van der Waals surface area contributed by atoms with Crippen LogP contribution in [0, 0.1) is 17.3 Å². The van der Waals surface area contributed by atoms with Gasteiger partial charge in [-0.1, -0.05) is 64.3 Å². The summed E-state index contributed by atoms with van der Waals surface area (Å²) in [4.78, 5) is 87.8. The number of thioether (sulfide) groups is 2. The molecule has 2 aliphatic heterocycles. The Morgan fingerprint density at radius 1 is 0.945 bits per heavy atom. The van der Waals surface area contributed by atoms with Gasteiger partial charge in [-0.15, -0.1) is 11.8 Å². The molecule has 0 radical (unpaired) electrons. The van der Waals surface area contributed by atoms with E-state index >= 15 is 0 Å². The average Bonchev–Trinajstić information content (AvgIpc) is 3.63. The number of nitrogens with zero attached hydrogens (tertiary/aromatic N) is 2. The Bertz CT molecular complexity index is 1560. The van der Waals surface area contributed by atoms with Crippen molar-refractivity contribution in [1.82, 2.24) is 20.9 Å². The van der Waals surface area contributed by atoms with E-state index < -0.39 is 53.2 Å². The molecule has 2 heterocycles. The van der Waals surface area contributed by atoms with E-state index in [1.54, 1.807) is 25.7 Å². The minimum absolute atomic E-state index is 0.0126. The zero-order chi connectivity index (χ0) is 40.1. The summed E-state index contributed by atoms with van der Waals surface area (Å²) >= 11 is 2.99. The number of nitrogens with two attached hydrogens (primary N) is 3. The predicted molar refractivity (Wildman–Crippen MR) is 218 cm³/mol. The van der Waals surface area contributed by atoms with Crippen LogP contribution in [0.3, 0.4) is 0 Å². The zero-order valence-electron chi connectivity index (χ0n) is 32.5. The van der Waals surface area contributed by atoms with Gasteiger partial charge in [0.25, 0.3) is 0 Å². The smallest absolute Gasteiger partial charge is 0.244 e. The maximum atomic E-state index is 14.4. The Hall–Kier alpha value is -3.79. The van der Waals surface area contributed by atoms with E-state index in [0.29, 0.717) is 30.9 Å². The summed E-state index contributed by atoms with van der Waals surface area (Å²) in [7, 11) is 0. The van der Waals surface area contributed by atoms with Gasteiger partial charge < -0.3 is 38.1 Å². The van der Waals surface area contributed by atoms with Crippen molar-refractivity contribution in [3.8, 4) is 0 Å². The number of carbonyl (C=O) groups is 6. The van der Waals surface area contributed by atoms with Gasteiger partial charge in [0.1, 0.15) is 18.1 Å². The van der Waals surface area contributed by atoms with Crippen molar-refractivity contribution in [1.29, 1.82) is 0 Å². The van der Waals surface area contributed by atoms with Crippen LogP contribution in [0.4, 0.5) is 0 Å². The Labute approximate surface area is 333 Å². The molecular weight excluding hydrogens is 741 g/mol. The Morgan fingerprint density at radius 2 is 1.64 bits per heavy atom. The molecular formula is C39H60N8O6S2. The Morgan fingerprint density at radius 3 is 2.29 bits per heavy atom. The maximum Gasteiger partial charge on any atom is 0.244 e. The fourth-order valence-corrected chi connectivity index (χ4v) is 9.53. The lowest BCUT2D eigenvalue weighted by molar-refractivity contribution is -0.139. The number of benzene rings is 1. The van der Waals surface area contributed by atoms with Crippen molar-refractivity contribution in [2.45, 2.75) is 121 Å². The number of carbonyl (C=O) groups excluding carboxylic acids is 6. The van der Waals surface area contributed by atoms with Crippen LogP contribution in [0.25, 0.3) is 0 Å². The monoisotopic (exact) mass is 800 g/mol. The van der Waals surface area contributed by atoms with Crippen LogP contribution < -0.4 is 33.2 Å². The first-order valence-electron chi connectivity index (χ1n) is 19.4. The molecule has 14 nitrogen and oxygen atoms in total. The molecule has 9 N–H and O–H groups in total. The Kier molecular flexibility index (Phi) is 16.7. The zero-order valence-corrected chi connectivity index (χ0v) is 34.1. The number of primary amides is 1. The molecule has 1 aliphatic carbocycles. The van der Waals surface area contributed by atoms with Crippen LogP contribution in [0.2, 0.25) is 0 Å². The van der Waals surface area contributed by atoms with Crippen LogP contribution in [0.1, 0.15) is 96.1 Å². The van der Waals surface area contributed by atoms with Crippen LogP contribution >= 0.6 is 23.5 Å². The highest BCUT2D eigenvalue weighted by Crippen LogP contribution is 2.34. The molecule has 16 heteroatoms. The van der Waals surface area contributed by atoms with E-state index in [2.05, 4.69) is 27.0 Å². The third-order valence-electron chi connectivity index (χ3n) is 10.6. The molecule has 2 bridgehead atoms. The van der Waals surface area contributed by atoms with Crippen molar-refractivity contribution >= 4 is 64.8 Å². The quantitative estimate of drug-likeness (QED) is 0.115. The van der Waals surface area contributed by atoms with Crippen molar-refractivity contribution in [2.24, 2.45) is 39.4 Å². The number of hydrogen-bond acceptors (Lipinski definition) is 9. The largest absolute Gasteiger partial charge is 0.370 e. The number of aliphatic imine (C=N–C) groups is 1. The van der Waals surface area contributed by atoms with Gasteiger partial charge in [0.2, 0.25) is 29.5 Å². The first-order valence-corrected chi connectivity index (χ1v) is 21.8. The van der Waals surface area contributed by atoms with E-state index in [4.69, 9.17) is 17.2 Å². The van der Waals surface area contributed by atoms with Crippen LogP contribution in [-0.2, 0) is 40.3 Å². The second kappa shape index (κ2) is 20.9. The van der Waals surface area contributed by atoms with Gasteiger partial charge in [0, 0.05) is 42.7 Å². The molecule has 1 saturated heterocycles. The van der Waals surface area contributed by atoms with Crippen LogP contribution in [0.15, 0.2) is 29.3 Å². The lowest BCUT2D eigenvalue weighted by Crippen LogP contribution is -2.59. The van der Waals surface area contributed by atoms with Gasteiger partial charge in [-0.25, -0.2) is 0 Å². The van der Waals surface area contributed by atoms with Crippen molar-refractivity contribution in [3.63, 3.8) is 0 Å². The molecule has 5 amide bonds. The molecule has 0 aromatic heterocycles. The summed E-state index contributed by atoms with van der Waals surface area (Å²) in [6.07, 6.45) is 6.30. The molecule has 4 rings (SSSR count). The van der Waals surface area contributed by atoms with E-state index in [1.165, 1.54) is 23.5 Å². The number of Topliss-reactive ketones (excluding diaryl/α,β-unsaturated/α-hetero) is 1. The second-order valence-corrected chi connectivity index (χ2v) is 18.0. The second-order valence-electron chi connectivity index (χ2n) is 16.0. The molecule has 304 valence electrons. The first-order chi connectivity index (χ1) is 26.1. The molecule has 2 fully saturated rings. The van der Waals surface area contributed by atoms with Crippen molar-refractivity contribution in [2.75, 3.05) is 24.6 Å². The molecule has 0 spiro atoms. The summed E-state index contributed by atoms with van der Waals surface area (Å²) in [5.41, 5.74) is 18.0. The van der Waals surface area contributed by atoms with Crippen molar-refractivity contribution < 1.29 is 28.8 Å². The number of amides is 5. The third-order valence-corrected chi connectivity index (χ3v) is 12.7. The lowest BCUT2D eigenvalue weighted by atomic mass is 9.76. The summed E-state index contributed by atoms with van der Waals surface area (Å²) in [6, 6.07) is 4.30. The highest BCUT2D eigenvalue weighted by atomic mass is 32.2. The fraction of sp³-hybridized carbons (Fsp3) is 0.667. The van der Waals surface area contributed by atoms with E-state index in [9.17, 15) is 28.8 Å². The maximum absolute atomic E-state index is 14.4. The van der Waals surface area contributed by atoms with Crippen LogP contribution in [-0.4, -0.2) is 94.9 Å². The fourth-order valence-electron chi connectivity index (χ4n) is 7.67. The number of guanidine groups is 1. The van der Waals surface area contributed by atoms with E-state index in [0.717, 1.165) is 49.7 Å². The van der Waals surface area contributed by atoms with Gasteiger partial charge in [-0.05, 0) is 61.0 Å². The minimum Gasteiger partial charge on any atom is -0.370 e. The summed E-state index contributed by atoms with van der Waals surface area (Å²) in [6.45, 7) is 6.03. The van der Waals surface area contributed by atoms with Crippen molar-refractivity contribution in [3.05, 3.63) is 35.4 Å². The predicted octanol–water partition coefficient (Wildman–Crippen LogP) is 2.35. The SMILES string of the molecule is CC(C)(C)[C@H](NC(=O)[C@H](CCCN=C(N)N)NC(=O)[C@@H]1CSCc2cccc(c2)CSCC(=O)N2CCC[C@H]2C(=O)CC(C2CCCCC2)C(=O)N1)C(N)=O. The van der Waals surface area contributed by atoms with Gasteiger partial charge in [-0.3, -0.25) is 33.8 Å².